The highest BCUT2D eigenvalue weighted by Crippen LogP contribution is 2.27. The summed E-state index contributed by atoms with van der Waals surface area (Å²) >= 11 is 0. The van der Waals surface area contributed by atoms with Gasteiger partial charge in [-0.3, -0.25) is 14.9 Å². The maximum atomic E-state index is 11.9. The zero-order chi connectivity index (χ0) is 16.8. The van der Waals surface area contributed by atoms with E-state index in [9.17, 15) is 14.9 Å². The van der Waals surface area contributed by atoms with Crippen LogP contribution in [0.15, 0.2) is 18.2 Å². The number of likely N-dealkylation sites (N-methyl/N-ethyl adjacent to an activating group) is 1. The van der Waals surface area contributed by atoms with Gasteiger partial charge in [0, 0.05) is 50.5 Å². The number of rotatable bonds is 6. The third-order valence-electron chi connectivity index (χ3n) is 3.90. The molecule has 8 nitrogen and oxygen atoms in total. The van der Waals surface area contributed by atoms with Crippen molar-refractivity contribution in [2.75, 3.05) is 51.3 Å². The number of aliphatic hydroxyl groups is 1. The number of nitro benzene ring substituents is 1. The van der Waals surface area contributed by atoms with Crippen LogP contribution in [0.2, 0.25) is 0 Å². The number of non-ortho nitro benzene ring substituents is 1. The minimum Gasteiger partial charge on any atom is -0.395 e. The number of hydrogen-bond acceptors (Lipinski definition) is 6. The lowest BCUT2D eigenvalue weighted by Crippen LogP contribution is -2.45. The number of nitrogens with one attached hydrogen (secondary N) is 1. The predicted octanol–water partition coefficient (Wildman–Crippen LogP) is -0.00240. The number of amides is 1. The molecule has 1 amide bonds. The molecule has 1 aromatic rings. The number of aliphatic hydroxyl groups excluding tert-OH is 1. The lowest BCUT2D eigenvalue weighted by Gasteiger charge is -2.35. The van der Waals surface area contributed by atoms with Crippen molar-refractivity contribution in [1.82, 2.24) is 10.2 Å². The summed E-state index contributed by atoms with van der Waals surface area (Å²) in [7, 11) is 2.05. The Morgan fingerprint density at radius 1 is 1.35 bits per heavy atom. The highest BCUT2D eigenvalue weighted by Gasteiger charge is 2.20. The molecular weight excluding hydrogens is 300 g/mol. The first-order chi connectivity index (χ1) is 11.0. The van der Waals surface area contributed by atoms with Gasteiger partial charge in [0.1, 0.15) is 0 Å². The Morgan fingerprint density at radius 2 is 2.04 bits per heavy atom. The highest BCUT2D eigenvalue weighted by atomic mass is 16.6. The molecule has 0 saturated carbocycles. The number of piperazine rings is 1. The van der Waals surface area contributed by atoms with Gasteiger partial charge in [0.2, 0.25) is 5.91 Å². The third-order valence-corrected chi connectivity index (χ3v) is 3.90. The van der Waals surface area contributed by atoms with Gasteiger partial charge in [-0.1, -0.05) is 0 Å². The molecule has 1 aliphatic heterocycles. The summed E-state index contributed by atoms with van der Waals surface area (Å²) in [6, 6.07) is 4.66. The Hall–Kier alpha value is -2.19. The van der Waals surface area contributed by atoms with Crippen molar-refractivity contribution in [2.24, 2.45) is 0 Å². The largest absolute Gasteiger partial charge is 0.395 e. The molecule has 1 aliphatic rings. The van der Waals surface area contributed by atoms with E-state index in [4.69, 9.17) is 5.11 Å². The normalized spacial score (nSPS) is 15.5. The molecule has 2 N–H and O–H groups in total. The SMILES string of the molecule is CN1CCN(c2ccc([N+](=O)[O-])cc2CC(=O)NCCO)CC1. The van der Waals surface area contributed by atoms with Crippen LogP contribution in [-0.4, -0.2) is 67.2 Å². The zero-order valence-corrected chi connectivity index (χ0v) is 13.2. The van der Waals surface area contributed by atoms with Gasteiger partial charge in [0.25, 0.3) is 5.69 Å². The van der Waals surface area contributed by atoms with Crippen LogP contribution in [0.3, 0.4) is 0 Å². The molecule has 8 heteroatoms. The molecule has 1 aromatic carbocycles. The van der Waals surface area contributed by atoms with Crippen LogP contribution < -0.4 is 10.2 Å². The van der Waals surface area contributed by atoms with Crippen molar-refractivity contribution in [3.8, 4) is 0 Å². The second kappa shape index (κ2) is 7.89. The summed E-state index contributed by atoms with van der Waals surface area (Å²) in [5, 5.41) is 22.3. The van der Waals surface area contributed by atoms with Gasteiger partial charge in [0.05, 0.1) is 18.0 Å². The standard InChI is InChI=1S/C15H22N4O4/c1-17-5-7-18(8-6-17)14-3-2-13(19(22)23)10-12(14)11-15(21)16-4-9-20/h2-3,10,20H,4-9,11H2,1H3,(H,16,21). The molecule has 0 aliphatic carbocycles. The molecule has 0 radical (unpaired) electrons. The van der Waals surface area contributed by atoms with Crippen molar-refractivity contribution in [3.63, 3.8) is 0 Å². The van der Waals surface area contributed by atoms with E-state index in [0.29, 0.717) is 5.56 Å². The number of hydrogen-bond donors (Lipinski definition) is 2. The van der Waals surface area contributed by atoms with E-state index >= 15 is 0 Å². The van der Waals surface area contributed by atoms with E-state index < -0.39 is 4.92 Å². The molecule has 23 heavy (non-hydrogen) atoms. The predicted molar refractivity (Wildman–Crippen MR) is 86.6 cm³/mol. The molecule has 0 bridgehead atoms. The van der Waals surface area contributed by atoms with Gasteiger partial charge >= 0.3 is 0 Å². The minimum absolute atomic E-state index is 0.0205. The number of carbonyl (C=O) groups excluding carboxylic acids is 1. The van der Waals surface area contributed by atoms with Crippen LogP contribution in [0.4, 0.5) is 11.4 Å². The summed E-state index contributed by atoms with van der Waals surface area (Å²) in [6.07, 6.45) is 0.0589. The zero-order valence-electron chi connectivity index (χ0n) is 13.2. The monoisotopic (exact) mass is 322 g/mol. The Balaban J connectivity index is 2.22. The van der Waals surface area contributed by atoms with Gasteiger partial charge in [-0.2, -0.15) is 0 Å². The summed E-state index contributed by atoms with van der Waals surface area (Å²) in [4.78, 5) is 26.8. The van der Waals surface area contributed by atoms with Gasteiger partial charge in [0.15, 0.2) is 0 Å². The maximum Gasteiger partial charge on any atom is 0.269 e. The molecule has 1 saturated heterocycles. The summed E-state index contributed by atoms with van der Waals surface area (Å²) in [5.41, 5.74) is 1.48. The molecule has 126 valence electrons. The van der Waals surface area contributed by atoms with Gasteiger partial charge in [-0.05, 0) is 18.7 Å². The first-order valence-electron chi connectivity index (χ1n) is 7.59. The van der Waals surface area contributed by atoms with Gasteiger partial charge in [-0.15, -0.1) is 0 Å². The summed E-state index contributed by atoms with van der Waals surface area (Å²) in [5.74, 6) is -0.255. The lowest BCUT2D eigenvalue weighted by atomic mass is 10.1. The average Bonchev–Trinajstić information content (AvgIpc) is 2.53. The van der Waals surface area contributed by atoms with E-state index in [2.05, 4.69) is 22.2 Å². The number of nitrogens with zero attached hydrogens (tertiary/aromatic N) is 3. The molecule has 2 rings (SSSR count). The van der Waals surface area contributed by atoms with E-state index in [1.165, 1.54) is 12.1 Å². The van der Waals surface area contributed by atoms with Crippen LogP contribution in [0.1, 0.15) is 5.56 Å². The van der Waals surface area contributed by atoms with Crippen LogP contribution in [-0.2, 0) is 11.2 Å². The van der Waals surface area contributed by atoms with E-state index in [1.54, 1.807) is 6.07 Å². The molecule has 0 unspecified atom stereocenters. The quantitative estimate of drug-likeness (QED) is 0.565. The number of benzene rings is 1. The summed E-state index contributed by atoms with van der Waals surface area (Å²) in [6.45, 7) is 3.50. The van der Waals surface area contributed by atoms with Crippen LogP contribution in [0.25, 0.3) is 0 Å². The Bertz CT molecular complexity index is 571. The van der Waals surface area contributed by atoms with Crippen LogP contribution in [0, 0.1) is 10.1 Å². The maximum absolute atomic E-state index is 11.9. The minimum atomic E-state index is -0.455. The van der Waals surface area contributed by atoms with E-state index in [1.807, 2.05) is 0 Å². The van der Waals surface area contributed by atoms with Crippen LogP contribution >= 0.6 is 0 Å². The van der Waals surface area contributed by atoms with Crippen LogP contribution in [0.5, 0.6) is 0 Å². The van der Waals surface area contributed by atoms with E-state index in [0.717, 1.165) is 31.9 Å². The Kier molecular flexibility index (Phi) is 5.89. The Morgan fingerprint density at radius 3 is 2.65 bits per heavy atom. The van der Waals surface area contributed by atoms with E-state index in [-0.39, 0.29) is 31.2 Å². The average molecular weight is 322 g/mol. The molecule has 1 heterocycles. The fraction of sp³-hybridized carbons (Fsp3) is 0.533. The van der Waals surface area contributed by atoms with Crippen molar-refractivity contribution >= 4 is 17.3 Å². The van der Waals surface area contributed by atoms with Crippen molar-refractivity contribution in [1.29, 1.82) is 0 Å². The number of carbonyl (C=O) groups is 1. The molecule has 1 fully saturated rings. The second-order valence-corrected chi connectivity index (χ2v) is 5.61. The fourth-order valence-corrected chi connectivity index (χ4v) is 2.61. The molecule has 0 aromatic heterocycles. The fourth-order valence-electron chi connectivity index (χ4n) is 2.61. The second-order valence-electron chi connectivity index (χ2n) is 5.61. The summed E-state index contributed by atoms with van der Waals surface area (Å²) < 4.78 is 0. The number of anilines is 1. The van der Waals surface area contributed by atoms with Crippen molar-refractivity contribution in [2.45, 2.75) is 6.42 Å². The molecule has 0 spiro atoms. The Labute approximate surface area is 134 Å². The number of nitro groups is 1. The lowest BCUT2D eigenvalue weighted by molar-refractivity contribution is -0.384. The first kappa shape index (κ1) is 17.2. The highest BCUT2D eigenvalue weighted by molar-refractivity contribution is 5.81. The van der Waals surface area contributed by atoms with Gasteiger partial charge in [-0.25, -0.2) is 0 Å². The topological polar surface area (TPSA) is 99.0 Å². The first-order valence-corrected chi connectivity index (χ1v) is 7.59. The van der Waals surface area contributed by atoms with Crippen molar-refractivity contribution < 1.29 is 14.8 Å². The van der Waals surface area contributed by atoms with Crippen molar-refractivity contribution in [3.05, 3.63) is 33.9 Å². The smallest absolute Gasteiger partial charge is 0.269 e. The third kappa shape index (κ3) is 4.64. The van der Waals surface area contributed by atoms with Gasteiger partial charge < -0.3 is 20.2 Å². The molecule has 0 atom stereocenters. The molecular formula is C15H22N4O4.